The van der Waals surface area contributed by atoms with Crippen molar-refractivity contribution in [2.45, 2.75) is 43.9 Å². The molecule has 1 fully saturated rings. The van der Waals surface area contributed by atoms with E-state index in [-0.39, 0.29) is 28.9 Å². The molecule has 14 heteroatoms. The van der Waals surface area contributed by atoms with Gasteiger partial charge in [0.25, 0.3) is 5.91 Å². The highest BCUT2D eigenvalue weighted by Crippen LogP contribution is 2.37. The number of nitrogens with one attached hydrogen (secondary N) is 1. The molecule has 0 atom stereocenters. The number of aromatic nitrogens is 6. The number of aryl methyl sites for hydroxylation is 1. The number of amides is 1. The van der Waals surface area contributed by atoms with Crippen LogP contribution in [-0.2, 0) is 13.2 Å². The van der Waals surface area contributed by atoms with Crippen LogP contribution in [0, 0.1) is 0 Å². The summed E-state index contributed by atoms with van der Waals surface area (Å²) < 4.78 is 42.8. The van der Waals surface area contributed by atoms with Gasteiger partial charge < -0.3 is 10.2 Å². The van der Waals surface area contributed by atoms with E-state index in [9.17, 15) is 22.8 Å². The van der Waals surface area contributed by atoms with Crippen molar-refractivity contribution in [3.05, 3.63) is 57.5 Å². The summed E-state index contributed by atoms with van der Waals surface area (Å²) in [6.07, 6.45) is -0.869. The first-order valence-electron chi connectivity index (χ1n) is 11.5. The maximum absolute atomic E-state index is 13.5. The van der Waals surface area contributed by atoms with E-state index in [1.807, 2.05) is 4.90 Å². The summed E-state index contributed by atoms with van der Waals surface area (Å²) in [6, 6.07) is 5.45. The van der Waals surface area contributed by atoms with E-state index in [0.29, 0.717) is 41.8 Å². The minimum Gasteiger partial charge on any atom is -0.371 e. The number of hydrogen-bond donors (Lipinski definition) is 1. The van der Waals surface area contributed by atoms with E-state index in [0.717, 1.165) is 15.1 Å². The molecule has 1 aliphatic rings. The monoisotopic (exact) mass is 534 g/mol. The zero-order valence-electron chi connectivity index (χ0n) is 19.8. The van der Waals surface area contributed by atoms with E-state index in [2.05, 4.69) is 25.6 Å². The summed E-state index contributed by atoms with van der Waals surface area (Å²) in [5, 5.41) is 11.5. The highest BCUT2D eigenvalue weighted by molar-refractivity contribution is 6.31. The number of nitrogens with zero attached hydrogens (tertiary/aromatic N) is 7. The summed E-state index contributed by atoms with van der Waals surface area (Å²) >= 11 is 6.13. The molecular weight excluding hydrogens is 513 g/mol. The lowest BCUT2D eigenvalue weighted by atomic mass is 9.89. The van der Waals surface area contributed by atoms with Crippen molar-refractivity contribution in [1.29, 1.82) is 0 Å². The Balaban J connectivity index is 1.31. The second-order valence-electron chi connectivity index (χ2n) is 9.06. The summed E-state index contributed by atoms with van der Waals surface area (Å²) in [4.78, 5) is 34.6. The fourth-order valence-corrected chi connectivity index (χ4v) is 4.89. The van der Waals surface area contributed by atoms with Crippen LogP contribution in [0.3, 0.4) is 0 Å². The predicted octanol–water partition coefficient (Wildman–Crippen LogP) is 3.22. The SMILES string of the molecule is CN(c1cc(C(F)(F)F)nc2ccc(Cl)cc12)C1CCC(NC(=O)c2ncn3c(=O)n(C)nnc23)CC1. The maximum Gasteiger partial charge on any atom is 0.433 e. The summed E-state index contributed by atoms with van der Waals surface area (Å²) in [7, 11) is 3.20. The summed E-state index contributed by atoms with van der Waals surface area (Å²) in [5.74, 6) is -0.466. The van der Waals surface area contributed by atoms with Crippen molar-refractivity contribution in [2.75, 3.05) is 11.9 Å². The van der Waals surface area contributed by atoms with Gasteiger partial charge in [-0.1, -0.05) is 16.8 Å². The highest BCUT2D eigenvalue weighted by Gasteiger charge is 2.35. The van der Waals surface area contributed by atoms with E-state index in [1.54, 1.807) is 13.1 Å². The first kappa shape index (κ1) is 24.9. The number of rotatable bonds is 4. The molecule has 0 saturated heterocycles. The van der Waals surface area contributed by atoms with Gasteiger partial charge in [0.2, 0.25) is 0 Å². The fourth-order valence-electron chi connectivity index (χ4n) is 4.72. The number of imidazole rings is 1. The fraction of sp³-hybridized carbons (Fsp3) is 0.391. The van der Waals surface area contributed by atoms with Gasteiger partial charge >= 0.3 is 11.9 Å². The van der Waals surface area contributed by atoms with Crippen molar-refractivity contribution < 1.29 is 18.0 Å². The van der Waals surface area contributed by atoms with Gasteiger partial charge in [-0.3, -0.25) is 4.79 Å². The van der Waals surface area contributed by atoms with E-state index in [1.165, 1.54) is 25.5 Å². The molecule has 37 heavy (non-hydrogen) atoms. The minimum atomic E-state index is -4.59. The zero-order chi connectivity index (χ0) is 26.5. The molecule has 5 rings (SSSR count). The summed E-state index contributed by atoms with van der Waals surface area (Å²) in [6.45, 7) is 0. The molecule has 0 spiro atoms. The molecule has 194 valence electrons. The topological polar surface area (TPSA) is 110 Å². The van der Waals surface area contributed by atoms with Crippen LogP contribution in [0.15, 0.2) is 35.4 Å². The quantitative estimate of drug-likeness (QED) is 0.428. The van der Waals surface area contributed by atoms with Gasteiger partial charge in [0, 0.05) is 42.3 Å². The Hall–Kier alpha value is -3.74. The lowest BCUT2D eigenvalue weighted by molar-refractivity contribution is -0.140. The van der Waals surface area contributed by atoms with Gasteiger partial charge in [0.15, 0.2) is 11.3 Å². The molecular formula is C23H22ClF3N8O2. The molecule has 1 aromatic carbocycles. The number of pyridine rings is 1. The van der Waals surface area contributed by atoms with Crippen LogP contribution in [0.1, 0.15) is 41.9 Å². The van der Waals surface area contributed by atoms with Crippen molar-refractivity contribution >= 4 is 39.7 Å². The van der Waals surface area contributed by atoms with Crippen LogP contribution in [0.5, 0.6) is 0 Å². The molecule has 0 unspecified atom stereocenters. The lowest BCUT2D eigenvalue weighted by Gasteiger charge is -2.36. The first-order chi connectivity index (χ1) is 17.5. The Kier molecular flexibility index (Phi) is 6.26. The van der Waals surface area contributed by atoms with Gasteiger partial charge in [0.05, 0.1) is 5.52 Å². The molecule has 0 aliphatic heterocycles. The number of carbonyl (C=O) groups excluding carboxylic acids is 1. The normalized spacial score (nSPS) is 18.3. The van der Waals surface area contributed by atoms with Crippen molar-refractivity contribution in [3.63, 3.8) is 0 Å². The highest BCUT2D eigenvalue weighted by atomic mass is 35.5. The Morgan fingerprint density at radius 3 is 2.62 bits per heavy atom. The number of anilines is 1. The zero-order valence-corrected chi connectivity index (χ0v) is 20.6. The van der Waals surface area contributed by atoms with Crippen molar-refractivity contribution in [1.82, 2.24) is 34.7 Å². The van der Waals surface area contributed by atoms with Crippen molar-refractivity contribution in [2.24, 2.45) is 7.05 Å². The average molecular weight is 535 g/mol. The number of carbonyl (C=O) groups is 1. The van der Waals surface area contributed by atoms with E-state index >= 15 is 0 Å². The number of alkyl halides is 3. The third-order valence-corrected chi connectivity index (χ3v) is 6.95. The van der Waals surface area contributed by atoms with Gasteiger partial charge in [-0.15, -0.1) is 5.10 Å². The predicted molar refractivity (Wildman–Crippen MR) is 130 cm³/mol. The second kappa shape index (κ2) is 9.29. The molecule has 1 N–H and O–H groups in total. The molecule has 10 nitrogen and oxygen atoms in total. The molecule has 3 heterocycles. The number of fused-ring (bicyclic) bond motifs is 2. The van der Waals surface area contributed by atoms with Crippen LogP contribution in [0.2, 0.25) is 5.02 Å². The molecule has 1 aliphatic carbocycles. The number of hydrogen-bond acceptors (Lipinski definition) is 7. The van der Waals surface area contributed by atoms with Crippen molar-refractivity contribution in [3.8, 4) is 0 Å². The molecule has 0 radical (unpaired) electrons. The molecule has 1 amide bonds. The second-order valence-corrected chi connectivity index (χ2v) is 9.49. The van der Waals surface area contributed by atoms with Crippen LogP contribution in [0.4, 0.5) is 18.9 Å². The van der Waals surface area contributed by atoms with Crippen LogP contribution < -0.4 is 15.9 Å². The minimum absolute atomic E-state index is 0.00394. The van der Waals surface area contributed by atoms with Gasteiger partial charge in [0.1, 0.15) is 12.0 Å². The summed E-state index contributed by atoms with van der Waals surface area (Å²) in [5.41, 5.74) is -0.750. The largest absolute Gasteiger partial charge is 0.433 e. The average Bonchev–Trinajstić information content (AvgIpc) is 3.30. The number of halogens is 4. The lowest BCUT2D eigenvalue weighted by Crippen LogP contribution is -2.43. The van der Waals surface area contributed by atoms with E-state index in [4.69, 9.17) is 11.6 Å². The maximum atomic E-state index is 13.5. The number of benzene rings is 1. The van der Waals surface area contributed by atoms with Gasteiger partial charge in [-0.2, -0.15) is 17.9 Å². The van der Waals surface area contributed by atoms with Crippen LogP contribution in [0.25, 0.3) is 16.6 Å². The molecule has 4 aromatic rings. The molecule has 1 saturated carbocycles. The molecule has 0 bridgehead atoms. The Labute approximate surface area is 213 Å². The molecule has 3 aromatic heterocycles. The van der Waals surface area contributed by atoms with Gasteiger partial charge in [-0.05, 0) is 49.9 Å². The standard InChI is InChI=1S/C23H22ClF3N8O2/c1-33(17-10-18(23(25,26)27)30-16-8-3-12(24)9-15(16)17)14-6-4-13(5-7-14)29-21(36)19-20-31-32-34(2)22(37)35(20)11-28-19/h3,8-11,13-14H,4-7H2,1-2H3,(H,29,36). The smallest absolute Gasteiger partial charge is 0.371 e. The van der Waals surface area contributed by atoms with Gasteiger partial charge in [-0.25, -0.2) is 19.2 Å². The Morgan fingerprint density at radius 1 is 1.19 bits per heavy atom. The van der Waals surface area contributed by atoms with E-state index < -0.39 is 23.5 Å². The Bertz CT molecular complexity index is 1560. The Morgan fingerprint density at radius 2 is 1.92 bits per heavy atom. The van der Waals surface area contributed by atoms with Crippen LogP contribution in [-0.4, -0.2) is 54.4 Å². The van der Waals surface area contributed by atoms with Crippen LogP contribution >= 0.6 is 11.6 Å². The third-order valence-electron chi connectivity index (χ3n) is 6.71. The first-order valence-corrected chi connectivity index (χ1v) is 11.9. The third kappa shape index (κ3) is 4.70.